The molecule has 0 heterocycles. The molecular formula is C54H36N2. The largest absolute Gasteiger partial charge is 0.300 e. The zero-order valence-electron chi connectivity index (χ0n) is 30.6. The third-order valence-electron chi connectivity index (χ3n) is 12.5. The first-order chi connectivity index (χ1) is 27.6. The Balaban J connectivity index is 1.17. The number of allylic oxidation sites excluding steroid dienone is 2. The van der Waals surface area contributed by atoms with Gasteiger partial charge >= 0.3 is 0 Å². The minimum atomic E-state index is -0.558. The van der Waals surface area contributed by atoms with E-state index in [9.17, 15) is 0 Å². The van der Waals surface area contributed by atoms with Gasteiger partial charge in [-0.25, -0.2) is 0 Å². The molecule has 8 aromatic rings. The molecule has 3 aliphatic carbocycles. The van der Waals surface area contributed by atoms with E-state index in [2.05, 4.69) is 152 Å². The molecule has 56 heavy (non-hydrogen) atoms. The number of hydrogen-bond acceptors (Lipinski definition) is 2. The summed E-state index contributed by atoms with van der Waals surface area (Å²) in [4.78, 5) is 0. The molecule has 0 unspecified atom stereocenters. The molecule has 0 aromatic heterocycles. The standard InChI is InChI=1S/C54H36N2/c55-51(35-15-2-1-3-16-35)31-32-52(56)38-18-14-17-36(33-38)37-29-30-49-50(34-37)54(45-25-10-6-21-41(45)42-22-7-11-26-46(42)54)48-28-13-12-27-47(48)53(49)43-23-8-4-19-39(43)40-20-5-9-24-44(40)53/h1-34,55-56H/b32-31-,55-51?,56-52?. The fourth-order valence-electron chi connectivity index (χ4n) is 10.3. The lowest BCUT2D eigenvalue weighted by molar-refractivity contribution is 0.633. The van der Waals surface area contributed by atoms with Crippen LogP contribution in [-0.4, -0.2) is 11.4 Å². The second kappa shape index (κ2) is 12.2. The zero-order valence-corrected chi connectivity index (χ0v) is 30.6. The van der Waals surface area contributed by atoms with Crippen LogP contribution in [0.2, 0.25) is 0 Å². The fraction of sp³-hybridized carbons (Fsp3) is 0.0370. The maximum Gasteiger partial charge on any atom is 0.0720 e. The highest BCUT2D eigenvalue weighted by molar-refractivity contribution is 6.14. The molecule has 0 saturated heterocycles. The van der Waals surface area contributed by atoms with Crippen LogP contribution in [0.15, 0.2) is 206 Å². The smallest absolute Gasteiger partial charge is 0.0720 e. The van der Waals surface area contributed by atoms with Crippen LogP contribution in [0.1, 0.15) is 55.6 Å². The van der Waals surface area contributed by atoms with Gasteiger partial charge in [-0.05, 0) is 113 Å². The molecule has 0 aliphatic heterocycles. The molecule has 11 rings (SSSR count). The molecule has 0 bridgehead atoms. The van der Waals surface area contributed by atoms with E-state index >= 15 is 0 Å². The van der Waals surface area contributed by atoms with Crippen LogP contribution in [0.4, 0.5) is 0 Å². The number of benzene rings is 8. The Morgan fingerprint density at radius 2 is 0.679 bits per heavy atom. The molecule has 2 N–H and O–H groups in total. The van der Waals surface area contributed by atoms with Crippen molar-refractivity contribution in [3.63, 3.8) is 0 Å². The van der Waals surface area contributed by atoms with Crippen LogP contribution in [0, 0.1) is 10.8 Å². The van der Waals surface area contributed by atoms with Gasteiger partial charge in [-0.3, -0.25) is 0 Å². The highest BCUT2D eigenvalue weighted by atomic mass is 14.6. The Hall–Kier alpha value is -7.16. The first-order valence-corrected chi connectivity index (χ1v) is 19.3. The summed E-state index contributed by atoms with van der Waals surface area (Å²) in [7, 11) is 0. The second-order valence-electron chi connectivity index (χ2n) is 15.1. The molecule has 0 amide bonds. The molecule has 2 heteroatoms. The van der Waals surface area contributed by atoms with Gasteiger partial charge in [-0.2, -0.15) is 0 Å². The average molecular weight is 713 g/mol. The molecule has 8 aromatic carbocycles. The predicted molar refractivity (Wildman–Crippen MR) is 229 cm³/mol. The van der Waals surface area contributed by atoms with Crippen LogP contribution in [-0.2, 0) is 10.8 Å². The van der Waals surface area contributed by atoms with E-state index in [1.807, 2.05) is 42.5 Å². The molecule has 0 fully saturated rings. The van der Waals surface area contributed by atoms with Gasteiger partial charge in [0.15, 0.2) is 0 Å². The zero-order chi connectivity index (χ0) is 37.4. The van der Waals surface area contributed by atoms with Gasteiger partial charge in [0, 0.05) is 0 Å². The van der Waals surface area contributed by atoms with Gasteiger partial charge < -0.3 is 10.8 Å². The lowest BCUT2D eigenvalue weighted by Gasteiger charge is -2.49. The molecule has 2 nitrogen and oxygen atoms in total. The third-order valence-corrected chi connectivity index (χ3v) is 12.5. The summed E-state index contributed by atoms with van der Waals surface area (Å²) >= 11 is 0. The number of hydrogen-bond donors (Lipinski definition) is 2. The van der Waals surface area contributed by atoms with Crippen LogP contribution >= 0.6 is 0 Å². The van der Waals surface area contributed by atoms with Crippen molar-refractivity contribution in [1.82, 2.24) is 0 Å². The van der Waals surface area contributed by atoms with Gasteiger partial charge in [0.25, 0.3) is 0 Å². The van der Waals surface area contributed by atoms with Crippen molar-refractivity contribution >= 4 is 11.4 Å². The maximum absolute atomic E-state index is 9.03. The van der Waals surface area contributed by atoms with E-state index in [4.69, 9.17) is 10.8 Å². The minimum absolute atomic E-state index is 0.368. The van der Waals surface area contributed by atoms with E-state index < -0.39 is 10.8 Å². The molecule has 0 saturated carbocycles. The summed E-state index contributed by atoms with van der Waals surface area (Å²) < 4.78 is 0. The number of rotatable bonds is 5. The van der Waals surface area contributed by atoms with Crippen molar-refractivity contribution in [2.24, 2.45) is 0 Å². The SMILES string of the molecule is N=C(/C=C\C(=N)c1cccc(-c2ccc3c(c2)C2(c4ccccc4-c4ccccc42)c2ccccc2C32c3ccccc3-c3ccccc32)c1)c1ccccc1. The van der Waals surface area contributed by atoms with Crippen LogP contribution in [0.25, 0.3) is 33.4 Å². The fourth-order valence-corrected chi connectivity index (χ4v) is 10.3. The second-order valence-corrected chi connectivity index (χ2v) is 15.1. The summed E-state index contributed by atoms with van der Waals surface area (Å²) in [6.07, 6.45) is 3.45. The Labute approximate surface area is 327 Å². The van der Waals surface area contributed by atoms with Gasteiger partial charge in [0.05, 0.1) is 22.3 Å². The van der Waals surface area contributed by atoms with Crippen molar-refractivity contribution < 1.29 is 0 Å². The summed E-state index contributed by atoms with van der Waals surface area (Å²) in [5.41, 5.74) is 19.1. The van der Waals surface area contributed by atoms with E-state index in [1.54, 1.807) is 12.2 Å². The molecular weight excluding hydrogens is 677 g/mol. The van der Waals surface area contributed by atoms with E-state index in [1.165, 1.54) is 66.8 Å². The Morgan fingerprint density at radius 3 is 1.20 bits per heavy atom. The molecule has 262 valence electrons. The normalized spacial score (nSPS) is 14.4. The highest BCUT2D eigenvalue weighted by Crippen LogP contribution is 2.67. The van der Waals surface area contributed by atoms with Crippen LogP contribution in [0.3, 0.4) is 0 Å². The highest BCUT2D eigenvalue weighted by Gasteiger charge is 2.58. The van der Waals surface area contributed by atoms with Crippen LogP contribution < -0.4 is 0 Å². The lowest BCUT2D eigenvalue weighted by Crippen LogP contribution is -2.43. The Morgan fingerprint density at radius 1 is 0.304 bits per heavy atom. The summed E-state index contributed by atoms with van der Waals surface area (Å²) in [6.45, 7) is 0. The Bertz CT molecular complexity index is 2870. The molecule has 0 atom stereocenters. The Kier molecular flexibility index (Phi) is 7.02. The minimum Gasteiger partial charge on any atom is -0.300 e. The average Bonchev–Trinajstić information content (AvgIpc) is 3.73. The molecule has 2 spiro atoms. The molecule has 3 aliphatic rings. The molecule has 0 radical (unpaired) electrons. The number of nitrogens with one attached hydrogen (secondary N) is 2. The maximum atomic E-state index is 9.03. The predicted octanol–water partition coefficient (Wildman–Crippen LogP) is 12.4. The summed E-state index contributed by atoms with van der Waals surface area (Å²) in [5.74, 6) is 0. The summed E-state index contributed by atoms with van der Waals surface area (Å²) in [5, 5.41) is 17.6. The number of fused-ring (bicyclic) bond motifs is 16. The van der Waals surface area contributed by atoms with E-state index in [0.29, 0.717) is 11.4 Å². The van der Waals surface area contributed by atoms with Crippen molar-refractivity contribution in [2.45, 2.75) is 10.8 Å². The van der Waals surface area contributed by atoms with Crippen molar-refractivity contribution in [3.8, 4) is 33.4 Å². The quantitative estimate of drug-likeness (QED) is 0.167. The van der Waals surface area contributed by atoms with Crippen molar-refractivity contribution in [1.29, 1.82) is 10.8 Å². The monoisotopic (exact) mass is 712 g/mol. The van der Waals surface area contributed by atoms with E-state index in [-0.39, 0.29) is 0 Å². The lowest BCUT2D eigenvalue weighted by atomic mass is 9.52. The van der Waals surface area contributed by atoms with Gasteiger partial charge in [0.1, 0.15) is 0 Å². The van der Waals surface area contributed by atoms with Gasteiger partial charge in [-0.15, -0.1) is 0 Å². The van der Waals surface area contributed by atoms with Crippen molar-refractivity contribution in [2.75, 3.05) is 0 Å². The topological polar surface area (TPSA) is 47.7 Å². The van der Waals surface area contributed by atoms with Crippen LogP contribution in [0.5, 0.6) is 0 Å². The van der Waals surface area contributed by atoms with Crippen molar-refractivity contribution in [3.05, 3.63) is 262 Å². The summed E-state index contributed by atoms with van der Waals surface area (Å²) in [6, 6.07) is 70.4. The first-order valence-electron chi connectivity index (χ1n) is 19.3. The third kappa shape index (κ3) is 4.27. The van der Waals surface area contributed by atoms with Gasteiger partial charge in [-0.1, -0.05) is 182 Å². The van der Waals surface area contributed by atoms with E-state index in [0.717, 1.165) is 22.3 Å². The first kappa shape index (κ1) is 32.3. The van der Waals surface area contributed by atoms with Gasteiger partial charge in [0.2, 0.25) is 0 Å².